The molecule has 0 aliphatic rings. The molecule has 0 aliphatic carbocycles. The number of nitrogens with zero attached hydrogens (tertiary/aromatic N) is 3. The fourth-order valence-corrected chi connectivity index (χ4v) is 1.72. The maximum Gasteiger partial charge on any atom is 0.196 e. The first-order valence-electron chi connectivity index (χ1n) is 6.05. The van der Waals surface area contributed by atoms with E-state index in [4.69, 9.17) is 4.74 Å². The van der Waals surface area contributed by atoms with E-state index in [0.29, 0.717) is 34.9 Å². The van der Waals surface area contributed by atoms with Gasteiger partial charge in [0, 0.05) is 17.3 Å². The molecule has 0 atom stereocenters. The number of hydrogen-bond donors (Lipinski definition) is 0. The van der Waals surface area contributed by atoms with Crippen LogP contribution < -0.4 is 4.74 Å². The minimum absolute atomic E-state index is 0.121. The van der Waals surface area contributed by atoms with E-state index in [0.717, 1.165) is 0 Å². The van der Waals surface area contributed by atoms with Crippen LogP contribution in [0.3, 0.4) is 0 Å². The second-order valence-corrected chi connectivity index (χ2v) is 4.16. The summed E-state index contributed by atoms with van der Waals surface area (Å²) >= 11 is 0. The summed E-state index contributed by atoms with van der Waals surface area (Å²) in [6, 6.07) is 3.42. The Kier molecular flexibility index (Phi) is 3.85. The normalized spacial score (nSPS) is 10.3. The SMILES string of the molecule is CCOc1cncc(C(=O)c2cc(C)nnc2C)c1. The van der Waals surface area contributed by atoms with Gasteiger partial charge < -0.3 is 4.74 Å². The average molecular weight is 257 g/mol. The van der Waals surface area contributed by atoms with Gasteiger partial charge in [0.25, 0.3) is 0 Å². The summed E-state index contributed by atoms with van der Waals surface area (Å²) in [6.07, 6.45) is 3.11. The van der Waals surface area contributed by atoms with Gasteiger partial charge in [-0.2, -0.15) is 10.2 Å². The van der Waals surface area contributed by atoms with Gasteiger partial charge in [-0.25, -0.2) is 0 Å². The van der Waals surface area contributed by atoms with Crippen LogP contribution in [-0.2, 0) is 0 Å². The summed E-state index contributed by atoms with van der Waals surface area (Å²) in [6.45, 7) is 5.99. The molecule has 98 valence electrons. The molecule has 0 aromatic carbocycles. The molecular formula is C14H15N3O2. The molecule has 0 spiro atoms. The zero-order valence-corrected chi connectivity index (χ0v) is 11.2. The van der Waals surface area contributed by atoms with Crippen molar-refractivity contribution in [2.45, 2.75) is 20.8 Å². The van der Waals surface area contributed by atoms with E-state index in [-0.39, 0.29) is 5.78 Å². The van der Waals surface area contributed by atoms with Crippen molar-refractivity contribution in [3.05, 3.63) is 47.0 Å². The number of carbonyl (C=O) groups excluding carboxylic acids is 1. The van der Waals surface area contributed by atoms with Crippen LogP contribution in [0.25, 0.3) is 0 Å². The van der Waals surface area contributed by atoms with Gasteiger partial charge in [0.1, 0.15) is 5.75 Å². The van der Waals surface area contributed by atoms with Crippen LogP contribution in [0.1, 0.15) is 34.2 Å². The van der Waals surface area contributed by atoms with Crippen LogP contribution in [0.4, 0.5) is 0 Å². The van der Waals surface area contributed by atoms with E-state index in [1.54, 1.807) is 32.2 Å². The number of ketones is 1. The largest absolute Gasteiger partial charge is 0.492 e. The molecule has 0 unspecified atom stereocenters. The fraction of sp³-hybridized carbons (Fsp3) is 0.286. The summed E-state index contributed by atoms with van der Waals surface area (Å²) in [7, 11) is 0. The lowest BCUT2D eigenvalue weighted by Crippen LogP contribution is -2.08. The first-order valence-corrected chi connectivity index (χ1v) is 6.05. The van der Waals surface area contributed by atoms with Crippen LogP contribution in [-0.4, -0.2) is 27.6 Å². The van der Waals surface area contributed by atoms with E-state index >= 15 is 0 Å². The highest BCUT2D eigenvalue weighted by atomic mass is 16.5. The Morgan fingerprint density at radius 3 is 2.74 bits per heavy atom. The molecule has 2 aromatic heterocycles. The van der Waals surface area contributed by atoms with Gasteiger partial charge in [-0.15, -0.1) is 0 Å². The highest BCUT2D eigenvalue weighted by Crippen LogP contribution is 2.16. The third-order valence-electron chi connectivity index (χ3n) is 2.63. The number of ether oxygens (including phenoxy) is 1. The number of rotatable bonds is 4. The molecule has 0 amide bonds. The third-order valence-corrected chi connectivity index (χ3v) is 2.63. The number of aryl methyl sites for hydroxylation is 2. The second-order valence-electron chi connectivity index (χ2n) is 4.16. The summed E-state index contributed by atoms with van der Waals surface area (Å²) in [5.41, 5.74) is 2.35. The Labute approximate surface area is 111 Å². The zero-order chi connectivity index (χ0) is 13.8. The monoisotopic (exact) mass is 257 g/mol. The first-order chi connectivity index (χ1) is 9.11. The minimum atomic E-state index is -0.121. The Bertz CT molecular complexity index is 611. The molecule has 0 fully saturated rings. The summed E-state index contributed by atoms with van der Waals surface area (Å²) in [4.78, 5) is 16.4. The Hall–Kier alpha value is -2.30. The van der Waals surface area contributed by atoms with E-state index in [1.807, 2.05) is 6.92 Å². The van der Waals surface area contributed by atoms with Crippen LogP contribution in [0.5, 0.6) is 5.75 Å². The molecule has 5 heteroatoms. The van der Waals surface area contributed by atoms with Gasteiger partial charge in [-0.3, -0.25) is 9.78 Å². The maximum atomic E-state index is 12.4. The third kappa shape index (κ3) is 2.93. The van der Waals surface area contributed by atoms with Crippen molar-refractivity contribution < 1.29 is 9.53 Å². The molecule has 0 bridgehead atoms. The van der Waals surface area contributed by atoms with Crippen LogP contribution in [0, 0.1) is 13.8 Å². The second kappa shape index (κ2) is 5.56. The van der Waals surface area contributed by atoms with Gasteiger partial charge in [0.05, 0.1) is 24.2 Å². The van der Waals surface area contributed by atoms with E-state index < -0.39 is 0 Å². The van der Waals surface area contributed by atoms with Crippen LogP contribution >= 0.6 is 0 Å². The van der Waals surface area contributed by atoms with Gasteiger partial charge in [-0.05, 0) is 32.9 Å². The Morgan fingerprint density at radius 2 is 2.00 bits per heavy atom. The summed E-state index contributed by atoms with van der Waals surface area (Å²) < 4.78 is 5.34. The maximum absolute atomic E-state index is 12.4. The lowest BCUT2D eigenvalue weighted by atomic mass is 10.0. The summed E-state index contributed by atoms with van der Waals surface area (Å²) in [5.74, 6) is 0.467. The van der Waals surface area contributed by atoms with Crippen molar-refractivity contribution >= 4 is 5.78 Å². The van der Waals surface area contributed by atoms with Gasteiger partial charge in [-0.1, -0.05) is 0 Å². The predicted octanol–water partition coefficient (Wildman–Crippen LogP) is 2.12. The molecule has 5 nitrogen and oxygen atoms in total. The summed E-state index contributed by atoms with van der Waals surface area (Å²) in [5, 5.41) is 7.88. The Balaban J connectivity index is 2.38. The molecule has 2 heterocycles. The Morgan fingerprint density at radius 1 is 1.21 bits per heavy atom. The lowest BCUT2D eigenvalue weighted by Gasteiger charge is -2.06. The molecule has 0 saturated heterocycles. The predicted molar refractivity (Wildman–Crippen MR) is 70.3 cm³/mol. The standard InChI is InChI=1S/C14H15N3O2/c1-4-19-12-6-11(7-15-8-12)14(18)13-5-9(2)16-17-10(13)3/h5-8H,4H2,1-3H3. The topological polar surface area (TPSA) is 65.0 Å². The van der Waals surface area contributed by atoms with E-state index in [9.17, 15) is 4.79 Å². The molecule has 0 radical (unpaired) electrons. The molecule has 0 aliphatic heterocycles. The van der Waals surface area contributed by atoms with Crippen molar-refractivity contribution in [3.8, 4) is 5.75 Å². The lowest BCUT2D eigenvalue weighted by molar-refractivity contribution is 0.103. The molecule has 2 aromatic rings. The van der Waals surface area contributed by atoms with Crippen molar-refractivity contribution in [2.24, 2.45) is 0 Å². The number of pyridine rings is 1. The quantitative estimate of drug-likeness (QED) is 0.785. The van der Waals surface area contributed by atoms with E-state index in [1.165, 1.54) is 6.20 Å². The molecule has 19 heavy (non-hydrogen) atoms. The smallest absolute Gasteiger partial charge is 0.196 e. The van der Waals surface area contributed by atoms with Crippen LogP contribution in [0.15, 0.2) is 24.5 Å². The van der Waals surface area contributed by atoms with Crippen LogP contribution in [0.2, 0.25) is 0 Å². The van der Waals surface area contributed by atoms with Gasteiger partial charge in [0.15, 0.2) is 5.78 Å². The molecular weight excluding hydrogens is 242 g/mol. The number of aromatic nitrogens is 3. The van der Waals surface area contributed by atoms with Gasteiger partial charge >= 0.3 is 0 Å². The highest BCUT2D eigenvalue weighted by molar-refractivity contribution is 6.09. The number of hydrogen-bond acceptors (Lipinski definition) is 5. The van der Waals surface area contributed by atoms with Crippen molar-refractivity contribution in [3.63, 3.8) is 0 Å². The molecule has 0 N–H and O–H groups in total. The first kappa shape index (κ1) is 13.1. The molecule has 0 saturated carbocycles. The highest BCUT2D eigenvalue weighted by Gasteiger charge is 2.14. The van der Waals surface area contributed by atoms with Crippen molar-refractivity contribution in [1.82, 2.24) is 15.2 Å². The van der Waals surface area contributed by atoms with Crippen molar-refractivity contribution in [1.29, 1.82) is 0 Å². The molecule has 2 rings (SSSR count). The number of carbonyl (C=O) groups is 1. The minimum Gasteiger partial charge on any atom is -0.492 e. The van der Waals surface area contributed by atoms with E-state index in [2.05, 4.69) is 15.2 Å². The zero-order valence-electron chi connectivity index (χ0n) is 11.2. The average Bonchev–Trinajstić information content (AvgIpc) is 2.41. The van der Waals surface area contributed by atoms with Crippen molar-refractivity contribution in [2.75, 3.05) is 6.61 Å². The fourth-order valence-electron chi connectivity index (χ4n) is 1.72. The van der Waals surface area contributed by atoms with Gasteiger partial charge in [0.2, 0.25) is 0 Å².